The van der Waals surface area contributed by atoms with Gasteiger partial charge in [-0.3, -0.25) is 9.78 Å². The minimum absolute atomic E-state index is 0.108. The number of aromatic nitrogens is 2. The van der Waals surface area contributed by atoms with Crippen molar-refractivity contribution in [2.75, 3.05) is 31.2 Å². The molecule has 0 spiro atoms. The Kier molecular flexibility index (Phi) is 4.81. The van der Waals surface area contributed by atoms with Crippen LogP contribution in [0.5, 0.6) is 0 Å². The molecule has 148 valence electrons. The van der Waals surface area contributed by atoms with Crippen LogP contribution in [-0.4, -0.2) is 48.2 Å². The van der Waals surface area contributed by atoms with Gasteiger partial charge in [-0.15, -0.1) is 0 Å². The molecule has 5 rings (SSSR count). The topological polar surface area (TPSA) is 67.4 Å². The molecule has 0 atom stereocenters. The summed E-state index contributed by atoms with van der Waals surface area (Å²) in [4.78, 5) is 23.8. The molecule has 1 N–H and O–H groups in total. The lowest BCUT2D eigenvalue weighted by atomic mass is 10.0. The zero-order valence-electron chi connectivity index (χ0n) is 15.9. The standard InChI is InChI=1S/C22H21ClN4O2/c23-18-11-14(1-5-17(18)22(28)25-16-3-4-16)15-2-6-19-20(12-15)26-21(13-24-19)27-7-9-29-10-8-27/h1-2,5-6,11-13,16H,3-4,7-10H2,(H,25,28). The van der Waals surface area contributed by atoms with Crippen LogP contribution in [0.15, 0.2) is 42.6 Å². The van der Waals surface area contributed by atoms with Gasteiger partial charge >= 0.3 is 0 Å². The van der Waals surface area contributed by atoms with E-state index in [1.807, 2.05) is 36.5 Å². The Balaban J connectivity index is 1.44. The molecule has 1 saturated carbocycles. The van der Waals surface area contributed by atoms with Crippen LogP contribution in [0.1, 0.15) is 23.2 Å². The highest BCUT2D eigenvalue weighted by Gasteiger charge is 2.24. The Morgan fingerprint density at radius 3 is 2.59 bits per heavy atom. The Bertz CT molecular complexity index is 1080. The summed E-state index contributed by atoms with van der Waals surface area (Å²) < 4.78 is 5.42. The highest BCUT2D eigenvalue weighted by Crippen LogP contribution is 2.29. The van der Waals surface area contributed by atoms with Crippen molar-refractivity contribution >= 4 is 34.4 Å². The molecular weight excluding hydrogens is 388 g/mol. The lowest BCUT2D eigenvalue weighted by Gasteiger charge is -2.27. The molecule has 29 heavy (non-hydrogen) atoms. The van der Waals surface area contributed by atoms with Crippen molar-refractivity contribution in [3.05, 3.63) is 53.2 Å². The van der Waals surface area contributed by atoms with Crippen LogP contribution in [0.4, 0.5) is 5.82 Å². The number of hydrogen-bond acceptors (Lipinski definition) is 5. The normalized spacial score (nSPS) is 16.8. The highest BCUT2D eigenvalue weighted by atomic mass is 35.5. The Morgan fingerprint density at radius 2 is 1.83 bits per heavy atom. The summed E-state index contributed by atoms with van der Waals surface area (Å²) in [5.41, 5.74) is 4.12. The molecule has 3 aromatic rings. The average Bonchev–Trinajstić information content (AvgIpc) is 3.57. The van der Waals surface area contributed by atoms with Crippen molar-refractivity contribution in [1.82, 2.24) is 15.3 Å². The van der Waals surface area contributed by atoms with Gasteiger partial charge in [0.1, 0.15) is 5.82 Å². The lowest BCUT2D eigenvalue weighted by molar-refractivity contribution is 0.0951. The second kappa shape index (κ2) is 7.61. The molecule has 2 heterocycles. The fraction of sp³-hybridized carbons (Fsp3) is 0.318. The van der Waals surface area contributed by atoms with Gasteiger partial charge in [0.25, 0.3) is 5.91 Å². The van der Waals surface area contributed by atoms with Crippen LogP contribution in [-0.2, 0) is 4.74 Å². The van der Waals surface area contributed by atoms with Gasteiger partial charge in [-0.1, -0.05) is 23.7 Å². The maximum atomic E-state index is 12.3. The maximum Gasteiger partial charge on any atom is 0.253 e. The van der Waals surface area contributed by atoms with E-state index in [4.69, 9.17) is 21.3 Å². The summed E-state index contributed by atoms with van der Waals surface area (Å²) in [5.74, 6) is 0.756. The first kappa shape index (κ1) is 18.3. The number of hydrogen-bond donors (Lipinski definition) is 1. The first-order chi connectivity index (χ1) is 14.2. The number of ether oxygens (including phenoxy) is 1. The molecule has 2 aliphatic rings. The van der Waals surface area contributed by atoms with Crippen LogP contribution in [0, 0.1) is 0 Å². The lowest BCUT2D eigenvalue weighted by Crippen LogP contribution is -2.36. The van der Waals surface area contributed by atoms with Gasteiger partial charge in [0.15, 0.2) is 0 Å². The molecule has 1 amide bonds. The van der Waals surface area contributed by atoms with Crippen molar-refractivity contribution in [3.8, 4) is 11.1 Å². The molecule has 7 heteroatoms. The summed E-state index contributed by atoms with van der Waals surface area (Å²) in [6.07, 6.45) is 3.91. The number of anilines is 1. The molecule has 1 saturated heterocycles. The van der Waals surface area contributed by atoms with E-state index in [-0.39, 0.29) is 5.91 Å². The number of rotatable bonds is 4. The number of halogens is 1. The minimum Gasteiger partial charge on any atom is -0.378 e. The Hall–Kier alpha value is -2.70. The van der Waals surface area contributed by atoms with Gasteiger partial charge in [0.2, 0.25) is 0 Å². The fourth-order valence-electron chi connectivity index (χ4n) is 3.50. The van der Waals surface area contributed by atoms with Crippen LogP contribution < -0.4 is 10.2 Å². The molecule has 0 bridgehead atoms. The number of carbonyl (C=O) groups is 1. The monoisotopic (exact) mass is 408 g/mol. The van der Waals surface area contributed by atoms with Crippen LogP contribution in [0.3, 0.4) is 0 Å². The highest BCUT2D eigenvalue weighted by molar-refractivity contribution is 6.34. The second-order valence-corrected chi connectivity index (χ2v) is 7.88. The second-order valence-electron chi connectivity index (χ2n) is 7.47. The molecule has 2 aromatic carbocycles. The van der Waals surface area contributed by atoms with Gasteiger partial charge < -0.3 is 15.0 Å². The molecule has 2 fully saturated rings. The summed E-state index contributed by atoms with van der Waals surface area (Å²) in [6, 6.07) is 11.8. The summed E-state index contributed by atoms with van der Waals surface area (Å²) in [6.45, 7) is 3.05. The van der Waals surface area contributed by atoms with Gasteiger partial charge in [0, 0.05) is 19.1 Å². The number of benzene rings is 2. The zero-order valence-corrected chi connectivity index (χ0v) is 16.7. The quantitative estimate of drug-likeness (QED) is 0.713. The molecule has 1 aromatic heterocycles. The Labute approximate surface area is 173 Å². The molecular formula is C22H21ClN4O2. The minimum atomic E-state index is -0.108. The number of nitrogens with one attached hydrogen (secondary N) is 1. The van der Waals surface area contributed by atoms with Gasteiger partial charge in [-0.05, 0) is 48.2 Å². The maximum absolute atomic E-state index is 12.3. The van der Waals surface area contributed by atoms with Crippen LogP contribution in [0.25, 0.3) is 22.2 Å². The van der Waals surface area contributed by atoms with E-state index in [9.17, 15) is 4.79 Å². The molecule has 0 radical (unpaired) electrons. The van der Waals surface area contributed by atoms with E-state index in [0.717, 1.165) is 53.9 Å². The van der Waals surface area contributed by atoms with Crippen molar-refractivity contribution in [2.45, 2.75) is 18.9 Å². The first-order valence-electron chi connectivity index (χ1n) is 9.88. The van der Waals surface area contributed by atoms with Crippen molar-refractivity contribution in [1.29, 1.82) is 0 Å². The predicted molar refractivity (Wildman–Crippen MR) is 114 cm³/mol. The van der Waals surface area contributed by atoms with Crippen LogP contribution >= 0.6 is 11.6 Å². The SMILES string of the molecule is O=C(NC1CC1)c1ccc(-c2ccc3ncc(N4CCOCC4)nc3c2)cc1Cl. The van der Waals surface area contributed by atoms with Gasteiger partial charge in [0.05, 0.1) is 41.0 Å². The molecule has 0 unspecified atom stereocenters. The number of fused-ring (bicyclic) bond motifs is 1. The van der Waals surface area contributed by atoms with Gasteiger partial charge in [-0.25, -0.2) is 4.98 Å². The number of morpholine rings is 1. The predicted octanol–water partition coefficient (Wildman–Crippen LogP) is 3.68. The van der Waals surface area contributed by atoms with E-state index in [0.29, 0.717) is 29.8 Å². The van der Waals surface area contributed by atoms with Crippen molar-refractivity contribution < 1.29 is 9.53 Å². The Morgan fingerprint density at radius 1 is 1.07 bits per heavy atom. The van der Waals surface area contributed by atoms with Crippen molar-refractivity contribution in [3.63, 3.8) is 0 Å². The largest absolute Gasteiger partial charge is 0.378 e. The van der Waals surface area contributed by atoms with Gasteiger partial charge in [-0.2, -0.15) is 0 Å². The summed E-state index contributed by atoms with van der Waals surface area (Å²) >= 11 is 6.42. The van der Waals surface area contributed by atoms with E-state index in [1.165, 1.54) is 0 Å². The van der Waals surface area contributed by atoms with Crippen LogP contribution in [0.2, 0.25) is 5.02 Å². The third-order valence-corrected chi connectivity index (χ3v) is 5.64. The van der Waals surface area contributed by atoms with E-state index < -0.39 is 0 Å². The van der Waals surface area contributed by atoms with E-state index in [1.54, 1.807) is 6.07 Å². The molecule has 1 aliphatic heterocycles. The molecule has 1 aliphatic carbocycles. The zero-order chi connectivity index (χ0) is 19.8. The van der Waals surface area contributed by atoms with E-state index >= 15 is 0 Å². The molecule has 6 nitrogen and oxygen atoms in total. The summed E-state index contributed by atoms with van der Waals surface area (Å²) in [5, 5.41) is 3.43. The van der Waals surface area contributed by atoms with Crippen molar-refractivity contribution in [2.24, 2.45) is 0 Å². The fourth-order valence-corrected chi connectivity index (χ4v) is 3.76. The summed E-state index contributed by atoms with van der Waals surface area (Å²) in [7, 11) is 0. The third-order valence-electron chi connectivity index (χ3n) is 5.32. The number of nitrogens with zero attached hydrogens (tertiary/aromatic N) is 3. The number of carbonyl (C=O) groups excluding carboxylic acids is 1. The number of amides is 1. The average molecular weight is 409 g/mol. The van der Waals surface area contributed by atoms with E-state index in [2.05, 4.69) is 15.2 Å². The smallest absolute Gasteiger partial charge is 0.253 e. The first-order valence-corrected chi connectivity index (χ1v) is 10.3. The third kappa shape index (κ3) is 3.91.